The first kappa shape index (κ1) is 15.2. The van der Waals surface area contributed by atoms with Gasteiger partial charge in [0.15, 0.2) is 0 Å². The Morgan fingerprint density at radius 2 is 1.08 bits per heavy atom. The van der Waals surface area contributed by atoms with Crippen LogP contribution in [0.5, 0.6) is 0 Å². The molecule has 0 fully saturated rings. The largest absolute Gasteiger partial charge is 0.344 e. The average molecular weight is 185 g/mol. The first-order valence-corrected chi connectivity index (χ1v) is 5.56. The Labute approximate surface area is 84.2 Å². The van der Waals surface area contributed by atoms with E-state index in [1.807, 2.05) is 0 Å². The second-order valence-electron chi connectivity index (χ2n) is 3.46. The fraction of sp³-hybridized carbons (Fsp3) is 0.833. The van der Waals surface area contributed by atoms with E-state index in [9.17, 15) is 0 Å². The van der Waals surface area contributed by atoms with Crippen LogP contribution in [0.2, 0.25) is 0 Å². The standard InChI is InChI=1S/C12H24.H3N/c1-3-5-7-9-11-12-10-8-6-4-2;/h11-12H,3-10H2,1-2H3;1H3. The molecule has 1 nitrogen and oxygen atoms in total. The van der Waals surface area contributed by atoms with Crippen LogP contribution in [-0.4, -0.2) is 0 Å². The number of hydrogen-bond acceptors (Lipinski definition) is 1. The van der Waals surface area contributed by atoms with Gasteiger partial charge in [0.2, 0.25) is 0 Å². The van der Waals surface area contributed by atoms with Gasteiger partial charge in [-0.05, 0) is 25.7 Å². The van der Waals surface area contributed by atoms with Crippen LogP contribution in [0.25, 0.3) is 0 Å². The van der Waals surface area contributed by atoms with Gasteiger partial charge in [0, 0.05) is 0 Å². The molecule has 13 heavy (non-hydrogen) atoms. The van der Waals surface area contributed by atoms with E-state index in [-0.39, 0.29) is 6.15 Å². The third-order valence-corrected chi connectivity index (χ3v) is 2.12. The smallest absolute Gasteiger partial charge is 0.0351 e. The second kappa shape index (κ2) is 14.2. The zero-order valence-electron chi connectivity index (χ0n) is 9.52. The minimum atomic E-state index is 0. The summed E-state index contributed by atoms with van der Waals surface area (Å²) in [5, 5.41) is 0. The summed E-state index contributed by atoms with van der Waals surface area (Å²) in [5.74, 6) is 0. The van der Waals surface area contributed by atoms with Gasteiger partial charge in [-0.2, -0.15) is 0 Å². The van der Waals surface area contributed by atoms with Crippen LogP contribution in [0.4, 0.5) is 0 Å². The summed E-state index contributed by atoms with van der Waals surface area (Å²) in [6.07, 6.45) is 15.5. The Morgan fingerprint density at radius 1 is 0.692 bits per heavy atom. The third kappa shape index (κ3) is 14.5. The maximum atomic E-state index is 2.35. The molecule has 0 rings (SSSR count). The minimum Gasteiger partial charge on any atom is -0.344 e. The van der Waals surface area contributed by atoms with E-state index in [0.717, 1.165) is 0 Å². The van der Waals surface area contributed by atoms with Crippen LogP contribution >= 0.6 is 0 Å². The van der Waals surface area contributed by atoms with Crippen molar-refractivity contribution in [2.45, 2.75) is 65.2 Å². The lowest BCUT2D eigenvalue weighted by Gasteiger charge is -1.93. The molecule has 0 heterocycles. The Balaban J connectivity index is 0. The van der Waals surface area contributed by atoms with E-state index in [1.165, 1.54) is 51.4 Å². The first-order chi connectivity index (χ1) is 5.91. The minimum absolute atomic E-state index is 0. The van der Waals surface area contributed by atoms with Crippen LogP contribution in [0.3, 0.4) is 0 Å². The summed E-state index contributed by atoms with van der Waals surface area (Å²) in [7, 11) is 0. The van der Waals surface area contributed by atoms with Crippen LogP contribution in [-0.2, 0) is 0 Å². The predicted octanol–water partition coefficient (Wildman–Crippen LogP) is 4.87. The zero-order valence-corrected chi connectivity index (χ0v) is 9.52. The third-order valence-electron chi connectivity index (χ3n) is 2.12. The van der Waals surface area contributed by atoms with E-state index in [0.29, 0.717) is 0 Å². The van der Waals surface area contributed by atoms with E-state index >= 15 is 0 Å². The average Bonchev–Trinajstić information content (AvgIpc) is 2.10. The highest BCUT2D eigenvalue weighted by molar-refractivity contribution is 4.81. The first-order valence-electron chi connectivity index (χ1n) is 5.56. The molecule has 0 atom stereocenters. The van der Waals surface area contributed by atoms with Gasteiger partial charge in [0.25, 0.3) is 0 Å². The van der Waals surface area contributed by atoms with Gasteiger partial charge < -0.3 is 6.15 Å². The molecule has 0 unspecified atom stereocenters. The van der Waals surface area contributed by atoms with E-state index in [4.69, 9.17) is 0 Å². The van der Waals surface area contributed by atoms with Gasteiger partial charge in [-0.3, -0.25) is 0 Å². The van der Waals surface area contributed by atoms with E-state index in [2.05, 4.69) is 26.0 Å². The molecule has 0 aliphatic rings. The van der Waals surface area contributed by atoms with Gasteiger partial charge in [0.1, 0.15) is 0 Å². The van der Waals surface area contributed by atoms with Crippen LogP contribution in [0.1, 0.15) is 65.2 Å². The van der Waals surface area contributed by atoms with Crippen molar-refractivity contribution in [1.82, 2.24) is 6.15 Å². The lowest BCUT2D eigenvalue weighted by Crippen LogP contribution is -1.73. The van der Waals surface area contributed by atoms with Crippen molar-refractivity contribution >= 4 is 0 Å². The van der Waals surface area contributed by atoms with Crippen molar-refractivity contribution in [2.24, 2.45) is 0 Å². The number of unbranched alkanes of at least 4 members (excludes halogenated alkanes) is 6. The highest BCUT2D eigenvalue weighted by Crippen LogP contribution is 2.03. The molecular formula is C12H27N. The summed E-state index contributed by atoms with van der Waals surface area (Å²) in [4.78, 5) is 0. The maximum absolute atomic E-state index is 2.35. The summed E-state index contributed by atoms with van der Waals surface area (Å²) in [6.45, 7) is 4.51. The van der Waals surface area contributed by atoms with Crippen LogP contribution < -0.4 is 6.15 Å². The van der Waals surface area contributed by atoms with Gasteiger partial charge in [-0.25, -0.2) is 0 Å². The molecule has 0 aromatic carbocycles. The molecule has 0 amide bonds. The molecule has 0 aromatic heterocycles. The summed E-state index contributed by atoms with van der Waals surface area (Å²) in [6, 6.07) is 0. The number of hydrogen-bond donors (Lipinski definition) is 1. The molecule has 80 valence electrons. The lowest BCUT2D eigenvalue weighted by molar-refractivity contribution is 0.715. The quantitative estimate of drug-likeness (QED) is 0.425. The van der Waals surface area contributed by atoms with Crippen molar-refractivity contribution in [3.05, 3.63) is 12.2 Å². The SMILES string of the molecule is CCCCCC=CCCCCC.N. The summed E-state index contributed by atoms with van der Waals surface area (Å²) >= 11 is 0. The number of allylic oxidation sites excluding steroid dienone is 2. The number of rotatable bonds is 8. The zero-order chi connectivity index (χ0) is 9.07. The Kier molecular flexibility index (Phi) is 16.6. The van der Waals surface area contributed by atoms with Crippen molar-refractivity contribution in [2.75, 3.05) is 0 Å². The molecule has 3 N–H and O–H groups in total. The molecule has 0 radical (unpaired) electrons. The van der Waals surface area contributed by atoms with Gasteiger partial charge >= 0.3 is 0 Å². The van der Waals surface area contributed by atoms with Crippen molar-refractivity contribution in [3.63, 3.8) is 0 Å². The molecule has 0 aliphatic carbocycles. The molecule has 0 aliphatic heterocycles. The van der Waals surface area contributed by atoms with Crippen LogP contribution in [0, 0.1) is 0 Å². The van der Waals surface area contributed by atoms with Gasteiger partial charge in [-0.1, -0.05) is 51.7 Å². The van der Waals surface area contributed by atoms with Crippen molar-refractivity contribution in [1.29, 1.82) is 0 Å². The monoisotopic (exact) mass is 185 g/mol. The molecule has 0 bridgehead atoms. The summed E-state index contributed by atoms with van der Waals surface area (Å²) in [5.41, 5.74) is 0. The molecule has 1 heteroatoms. The highest BCUT2D eigenvalue weighted by atomic mass is 14.0. The topological polar surface area (TPSA) is 35.0 Å². The van der Waals surface area contributed by atoms with Crippen molar-refractivity contribution in [3.8, 4) is 0 Å². The van der Waals surface area contributed by atoms with Gasteiger partial charge in [0.05, 0.1) is 0 Å². The Morgan fingerprint density at radius 3 is 1.38 bits per heavy atom. The van der Waals surface area contributed by atoms with Gasteiger partial charge in [-0.15, -0.1) is 0 Å². The normalized spacial score (nSPS) is 10.3. The summed E-state index contributed by atoms with van der Waals surface area (Å²) < 4.78 is 0. The lowest BCUT2D eigenvalue weighted by atomic mass is 10.1. The van der Waals surface area contributed by atoms with E-state index < -0.39 is 0 Å². The fourth-order valence-corrected chi connectivity index (χ4v) is 1.26. The Hall–Kier alpha value is -0.300. The predicted molar refractivity (Wildman–Crippen MR) is 62.4 cm³/mol. The molecule has 0 spiro atoms. The Bertz CT molecular complexity index is 85.3. The van der Waals surface area contributed by atoms with E-state index in [1.54, 1.807) is 0 Å². The fourth-order valence-electron chi connectivity index (χ4n) is 1.26. The second-order valence-corrected chi connectivity index (χ2v) is 3.46. The molecule has 0 saturated heterocycles. The molecule has 0 aromatic rings. The highest BCUT2D eigenvalue weighted by Gasteiger charge is 1.83. The maximum Gasteiger partial charge on any atom is -0.0351 e. The van der Waals surface area contributed by atoms with Crippen LogP contribution in [0.15, 0.2) is 12.2 Å². The molecule has 0 saturated carbocycles. The molecular weight excluding hydrogens is 158 g/mol. The van der Waals surface area contributed by atoms with Crippen molar-refractivity contribution < 1.29 is 0 Å².